The molecule has 2 aromatic carbocycles. The molecular weight excluding hydrogens is 352 g/mol. The van der Waals surface area contributed by atoms with Crippen molar-refractivity contribution in [1.29, 1.82) is 0 Å². The minimum atomic E-state index is 0.0672. The summed E-state index contributed by atoms with van der Waals surface area (Å²) in [6, 6.07) is 17.7. The third-order valence-corrected chi connectivity index (χ3v) is 4.64. The van der Waals surface area contributed by atoms with E-state index in [1.807, 2.05) is 79.6 Å². The van der Waals surface area contributed by atoms with E-state index in [-0.39, 0.29) is 5.91 Å². The molecule has 1 aromatic heterocycles. The second-order valence-corrected chi connectivity index (χ2v) is 6.61. The first-order valence-electron chi connectivity index (χ1n) is 9.29. The molecule has 0 bridgehead atoms. The molecule has 1 N–H and O–H groups in total. The molecule has 6 heteroatoms. The number of rotatable bonds is 8. The Morgan fingerprint density at radius 2 is 1.86 bits per heavy atom. The number of ether oxygens (including phenoxy) is 1. The van der Waals surface area contributed by atoms with Crippen molar-refractivity contribution in [2.45, 2.75) is 6.42 Å². The molecule has 0 spiro atoms. The second kappa shape index (κ2) is 9.19. The molecular formula is C22H26N4O2. The van der Waals surface area contributed by atoms with Crippen molar-refractivity contribution < 1.29 is 9.53 Å². The normalized spacial score (nSPS) is 10.7. The van der Waals surface area contributed by atoms with Gasteiger partial charge in [-0.2, -0.15) is 5.10 Å². The summed E-state index contributed by atoms with van der Waals surface area (Å²) in [6.07, 6.45) is 2.24. The smallest absolute Gasteiger partial charge is 0.226 e. The van der Waals surface area contributed by atoms with Gasteiger partial charge in [-0.25, -0.2) is 4.68 Å². The number of benzene rings is 2. The summed E-state index contributed by atoms with van der Waals surface area (Å²) in [5.41, 5.74) is 3.62. The van der Waals surface area contributed by atoms with E-state index < -0.39 is 0 Å². The Bertz CT molecular complexity index is 904. The van der Waals surface area contributed by atoms with Gasteiger partial charge < -0.3 is 15.0 Å². The summed E-state index contributed by atoms with van der Waals surface area (Å²) in [6.45, 7) is 1.43. The Morgan fingerprint density at radius 3 is 2.50 bits per heavy atom. The maximum Gasteiger partial charge on any atom is 0.226 e. The first-order chi connectivity index (χ1) is 13.6. The fourth-order valence-electron chi connectivity index (χ4n) is 2.95. The molecule has 146 valence electrons. The number of carbonyl (C=O) groups excluding carboxylic acids is 1. The zero-order chi connectivity index (χ0) is 19.9. The van der Waals surface area contributed by atoms with Crippen LogP contribution in [0.25, 0.3) is 16.9 Å². The van der Waals surface area contributed by atoms with E-state index in [1.54, 1.807) is 12.0 Å². The van der Waals surface area contributed by atoms with Crippen LogP contribution in [-0.4, -0.2) is 54.9 Å². The topological polar surface area (TPSA) is 59.4 Å². The average molecular weight is 378 g/mol. The van der Waals surface area contributed by atoms with Crippen LogP contribution in [0, 0.1) is 0 Å². The zero-order valence-electron chi connectivity index (χ0n) is 16.6. The number of amides is 1. The number of nitrogens with one attached hydrogen (secondary N) is 1. The molecule has 1 amide bonds. The molecule has 0 aliphatic rings. The molecule has 3 aromatic rings. The van der Waals surface area contributed by atoms with Gasteiger partial charge in [0, 0.05) is 37.5 Å². The molecule has 6 nitrogen and oxygen atoms in total. The van der Waals surface area contributed by atoms with Gasteiger partial charge in [0.05, 0.1) is 24.9 Å². The van der Waals surface area contributed by atoms with Crippen molar-refractivity contribution >= 4 is 5.91 Å². The molecule has 0 unspecified atom stereocenters. The van der Waals surface area contributed by atoms with E-state index in [9.17, 15) is 4.79 Å². The van der Waals surface area contributed by atoms with E-state index in [0.29, 0.717) is 13.0 Å². The van der Waals surface area contributed by atoms with Crippen LogP contribution in [0.4, 0.5) is 0 Å². The minimum absolute atomic E-state index is 0.0672. The largest absolute Gasteiger partial charge is 0.497 e. The lowest BCUT2D eigenvalue weighted by molar-refractivity contribution is -0.129. The summed E-state index contributed by atoms with van der Waals surface area (Å²) >= 11 is 0. The van der Waals surface area contributed by atoms with Crippen molar-refractivity contribution in [1.82, 2.24) is 20.0 Å². The summed E-state index contributed by atoms with van der Waals surface area (Å²) in [5.74, 6) is 0.855. The van der Waals surface area contributed by atoms with Crippen LogP contribution in [0.2, 0.25) is 0 Å². The fraction of sp³-hybridized carbons (Fsp3) is 0.273. The molecule has 28 heavy (non-hydrogen) atoms. The second-order valence-electron chi connectivity index (χ2n) is 6.61. The number of para-hydroxylation sites is 1. The van der Waals surface area contributed by atoms with Gasteiger partial charge in [0.25, 0.3) is 0 Å². The molecule has 0 aliphatic carbocycles. The van der Waals surface area contributed by atoms with E-state index in [0.717, 1.165) is 34.8 Å². The van der Waals surface area contributed by atoms with E-state index >= 15 is 0 Å². The van der Waals surface area contributed by atoms with E-state index in [2.05, 4.69) is 5.32 Å². The van der Waals surface area contributed by atoms with Crippen molar-refractivity contribution in [3.8, 4) is 22.7 Å². The maximum absolute atomic E-state index is 12.7. The quantitative estimate of drug-likeness (QED) is 0.655. The van der Waals surface area contributed by atoms with Crippen molar-refractivity contribution in [2.24, 2.45) is 0 Å². The number of likely N-dealkylation sites (N-methyl/N-ethyl adjacent to an activating group) is 2. The highest BCUT2D eigenvalue weighted by molar-refractivity contribution is 5.81. The SMILES string of the molecule is CNCCN(C)C(=O)Cc1cn(-c2ccccc2)nc1-c1ccc(OC)cc1. The average Bonchev–Trinajstić information content (AvgIpc) is 3.16. The standard InChI is InChI=1S/C22H26N4O2/c1-23-13-14-25(2)21(27)15-18-16-26(19-7-5-4-6-8-19)24-22(18)17-9-11-20(28-3)12-10-17/h4-12,16,23H,13-15H2,1-3H3. The van der Waals surface area contributed by atoms with Gasteiger partial charge in [-0.15, -0.1) is 0 Å². The fourth-order valence-corrected chi connectivity index (χ4v) is 2.95. The molecule has 1 heterocycles. The Labute approximate surface area is 165 Å². The van der Waals surface area contributed by atoms with Gasteiger partial charge >= 0.3 is 0 Å². The molecule has 0 saturated carbocycles. The number of methoxy groups -OCH3 is 1. The van der Waals surface area contributed by atoms with Gasteiger partial charge in [-0.1, -0.05) is 18.2 Å². The first-order valence-corrected chi connectivity index (χ1v) is 9.29. The van der Waals surface area contributed by atoms with E-state index in [4.69, 9.17) is 9.84 Å². The lowest BCUT2D eigenvalue weighted by Crippen LogP contribution is -2.33. The Morgan fingerprint density at radius 1 is 1.14 bits per heavy atom. The third kappa shape index (κ3) is 4.58. The Balaban J connectivity index is 1.94. The van der Waals surface area contributed by atoms with Crippen LogP contribution in [0.1, 0.15) is 5.56 Å². The summed E-state index contributed by atoms with van der Waals surface area (Å²) < 4.78 is 7.08. The van der Waals surface area contributed by atoms with Gasteiger partial charge in [0.2, 0.25) is 5.91 Å². The number of nitrogens with zero attached hydrogens (tertiary/aromatic N) is 3. The highest BCUT2D eigenvalue weighted by Crippen LogP contribution is 2.26. The zero-order valence-corrected chi connectivity index (χ0v) is 16.6. The summed E-state index contributed by atoms with van der Waals surface area (Å²) in [4.78, 5) is 14.4. The molecule has 0 aliphatic heterocycles. The van der Waals surface area contributed by atoms with Crippen LogP contribution in [-0.2, 0) is 11.2 Å². The third-order valence-electron chi connectivity index (χ3n) is 4.64. The first kappa shape index (κ1) is 19.6. The summed E-state index contributed by atoms with van der Waals surface area (Å²) in [7, 11) is 5.35. The predicted octanol–water partition coefficient (Wildman–Crippen LogP) is 2.77. The van der Waals surface area contributed by atoms with Gasteiger partial charge in [0.15, 0.2) is 0 Å². The predicted molar refractivity (Wildman–Crippen MR) is 111 cm³/mol. The maximum atomic E-state index is 12.7. The summed E-state index contributed by atoms with van der Waals surface area (Å²) in [5, 5.41) is 7.84. The number of aromatic nitrogens is 2. The van der Waals surface area contributed by atoms with Crippen molar-refractivity contribution in [2.75, 3.05) is 34.3 Å². The van der Waals surface area contributed by atoms with Crippen molar-refractivity contribution in [3.05, 3.63) is 66.4 Å². The molecule has 0 saturated heterocycles. The molecule has 0 atom stereocenters. The lowest BCUT2D eigenvalue weighted by atomic mass is 10.1. The van der Waals surface area contributed by atoms with Gasteiger partial charge in [0.1, 0.15) is 5.75 Å². The van der Waals surface area contributed by atoms with Gasteiger partial charge in [-0.05, 0) is 43.4 Å². The number of carbonyl (C=O) groups is 1. The van der Waals surface area contributed by atoms with Crippen LogP contribution in [0.3, 0.4) is 0 Å². The minimum Gasteiger partial charge on any atom is -0.497 e. The molecule has 0 radical (unpaired) electrons. The number of hydrogen-bond acceptors (Lipinski definition) is 4. The molecule has 3 rings (SSSR count). The highest BCUT2D eigenvalue weighted by atomic mass is 16.5. The number of hydrogen-bond donors (Lipinski definition) is 1. The molecule has 0 fully saturated rings. The van der Waals surface area contributed by atoms with Gasteiger partial charge in [-0.3, -0.25) is 4.79 Å². The van der Waals surface area contributed by atoms with Crippen molar-refractivity contribution in [3.63, 3.8) is 0 Å². The van der Waals surface area contributed by atoms with Crippen LogP contribution < -0.4 is 10.1 Å². The van der Waals surface area contributed by atoms with Crippen LogP contribution >= 0.6 is 0 Å². The van der Waals surface area contributed by atoms with Crippen LogP contribution in [0.15, 0.2) is 60.8 Å². The Kier molecular flexibility index (Phi) is 6.45. The van der Waals surface area contributed by atoms with E-state index in [1.165, 1.54) is 0 Å². The highest BCUT2D eigenvalue weighted by Gasteiger charge is 2.17. The Hall–Kier alpha value is -3.12. The van der Waals surface area contributed by atoms with Crippen LogP contribution in [0.5, 0.6) is 5.75 Å². The monoisotopic (exact) mass is 378 g/mol. The lowest BCUT2D eigenvalue weighted by Gasteiger charge is -2.16.